The van der Waals surface area contributed by atoms with Crippen LogP contribution in [0.2, 0.25) is 0 Å². The summed E-state index contributed by atoms with van der Waals surface area (Å²) in [5, 5.41) is 6.47. The fraction of sp³-hybridized carbons (Fsp3) is 0.625. The van der Waals surface area contributed by atoms with Gasteiger partial charge in [-0.1, -0.05) is 13.8 Å². The molecular formula is C16H27N3O2S. The molecule has 0 aromatic carbocycles. The van der Waals surface area contributed by atoms with Crippen molar-refractivity contribution >= 4 is 23.2 Å². The molecule has 0 aliphatic heterocycles. The van der Waals surface area contributed by atoms with Crippen LogP contribution in [0.4, 0.5) is 0 Å². The SMILES string of the molecule is CC(C)CN(CCN(C)C)C(=O)CCNC(=O)c1ccsc1. The van der Waals surface area contributed by atoms with Gasteiger partial charge in [0.15, 0.2) is 0 Å². The molecule has 0 saturated heterocycles. The summed E-state index contributed by atoms with van der Waals surface area (Å²) < 4.78 is 0. The molecule has 0 bridgehead atoms. The van der Waals surface area contributed by atoms with Crippen LogP contribution >= 0.6 is 11.3 Å². The first kappa shape index (κ1) is 18.6. The maximum Gasteiger partial charge on any atom is 0.252 e. The first-order valence-corrected chi connectivity index (χ1v) is 8.57. The van der Waals surface area contributed by atoms with Crippen LogP contribution in [0.1, 0.15) is 30.6 Å². The molecule has 1 aromatic heterocycles. The van der Waals surface area contributed by atoms with Crippen molar-refractivity contribution in [3.05, 3.63) is 22.4 Å². The smallest absolute Gasteiger partial charge is 0.252 e. The van der Waals surface area contributed by atoms with Gasteiger partial charge < -0.3 is 15.1 Å². The van der Waals surface area contributed by atoms with Crippen molar-refractivity contribution in [1.29, 1.82) is 0 Å². The Bertz CT molecular complexity index is 458. The van der Waals surface area contributed by atoms with Crippen LogP contribution in [-0.4, -0.2) is 61.9 Å². The van der Waals surface area contributed by atoms with Gasteiger partial charge in [-0.2, -0.15) is 11.3 Å². The van der Waals surface area contributed by atoms with Gasteiger partial charge in [-0.3, -0.25) is 9.59 Å². The number of nitrogens with one attached hydrogen (secondary N) is 1. The topological polar surface area (TPSA) is 52.6 Å². The Morgan fingerprint density at radius 1 is 1.27 bits per heavy atom. The Morgan fingerprint density at radius 2 is 2.00 bits per heavy atom. The van der Waals surface area contributed by atoms with E-state index in [1.165, 1.54) is 11.3 Å². The quantitative estimate of drug-likeness (QED) is 0.754. The Kier molecular flexibility index (Phi) is 8.12. The van der Waals surface area contributed by atoms with Crippen molar-refractivity contribution < 1.29 is 9.59 Å². The molecule has 1 aromatic rings. The average Bonchev–Trinajstić information content (AvgIpc) is 2.96. The van der Waals surface area contributed by atoms with E-state index in [2.05, 4.69) is 24.1 Å². The second kappa shape index (κ2) is 9.58. The predicted octanol–water partition coefficient (Wildman–Crippen LogP) is 1.91. The predicted molar refractivity (Wildman–Crippen MR) is 91.2 cm³/mol. The third-order valence-electron chi connectivity index (χ3n) is 3.16. The van der Waals surface area contributed by atoms with E-state index in [1.54, 1.807) is 11.4 Å². The lowest BCUT2D eigenvalue weighted by Crippen LogP contribution is -2.40. The lowest BCUT2D eigenvalue weighted by atomic mass is 10.2. The summed E-state index contributed by atoms with van der Waals surface area (Å²) in [5.41, 5.74) is 0.657. The highest BCUT2D eigenvalue weighted by atomic mass is 32.1. The number of likely N-dealkylation sites (N-methyl/N-ethyl adjacent to an activating group) is 1. The summed E-state index contributed by atoms with van der Waals surface area (Å²) in [7, 11) is 4.00. The minimum Gasteiger partial charge on any atom is -0.351 e. The normalized spacial score (nSPS) is 11.0. The van der Waals surface area contributed by atoms with E-state index in [1.807, 2.05) is 24.4 Å². The summed E-state index contributed by atoms with van der Waals surface area (Å²) in [6.45, 7) is 6.92. The van der Waals surface area contributed by atoms with Gasteiger partial charge in [-0.05, 0) is 31.5 Å². The fourth-order valence-electron chi connectivity index (χ4n) is 2.02. The summed E-state index contributed by atoms with van der Waals surface area (Å²) >= 11 is 1.49. The van der Waals surface area contributed by atoms with Crippen LogP contribution < -0.4 is 5.32 Å². The summed E-state index contributed by atoms with van der Waals surface area (Å²) in [6, 6.07) is 1.78. The van der Waals surface area contributed by atoms with Gasteiger partial charge in [0.2, 0.25) is 5.91 Å². The van der Waals surface area contributed by atoms with Gasteiger partial charge in [-0.15, -0.1) is 0 Å². The fourth-order valence-corrected chi connectivity index (χ4v) is 2.65. The Hall–Kier alpha value is -1.40. The van der Waals surface area contributed by atoms with E-state index in [-0.39, 0.29) is 11.8 Å². The molecule has 1 rings (SSSR count). The molecule has 0 fully saturated rings. The highest BCUT2D eigenvalue weighted by Gasteiger charge is 2.15. The molecule has 0 aliphatic carbocycles. The molecule has 0 aliphatic rings. The molecule has 22 heavy (non-hydrogen) atoms. The van der Waals surface area contributed by atoms with Crippen LogP contribution in [0, 0.1) is 5.92 Å². The van der Waals surface area contributed by atoms with E-state index in [0.717, 1.165) is 19.6 Å². The van der Waals surface area contributed by atoms with Gasteiger partial charge in [0, 0.05) is 43.5 Å². The first-order chi connectivity index (χ1) is 10.4. The molecule has 1 heterocycles. The van der Waals surface area contributed by atoms with Gasteiger partial charge in [0.25, 0.3) is 5.91 Å². The van der Waals surface area contributed by atoms with Crippen molar-refractivity contribution in [2.24, 2.45) is 5.92 Å². The van der Waals surface area contributed by atoms with Crippen molar-refractivity contribution in [2.45, 2.75) is 20.3 Å². The number of hydrogen-bond donors (Lipinski definition) is 1. The molecule has 2 amide bonds. The van der Waals surface area contributed by atoms with Crippen LogP contribution in [-0.2, 0) is 4.79 Å². The molecule has 5 nitrogen and oxygen atoms in total. The van der Waals surface area contributed by atoms with E-state index >= 15 is 0 Å². The molecule has 0 spiro atoms. The van der Waals surface area contributed by atoms with E-state index < -0.39 is 0 Å². The lowest BCUT2D eigenvalue weighted by Gasteiger charge is -2.26. The summed E-state index contributed by atoms with van der Waals surface area (Å²) in [5.74, 6) is 0.422. The van der Waals surface area contributed by atoms with Crippen LogP contribution in [0.3, 0.4) is 0 Å². The molecule has 0 unspecified atom stereocenters. The van der Waals surface area contributed by atoms with Gasteiger partial charge >= 0.3 is 0 Å². The standard InChI is InChI=1S/C16H27N3O2S/c1-13(2)11-19(9-8-18(3)4)15(20)5-7-17-16(21)14-6-10-22-12-14/h6,10,12-13H,5,7-9,11H2,1-4H3,(H,17,21). The molecule has 1 N–H and O–H groups in total. The zero-order valence-corrected chi connectivity index (χ0v) is 14.8. The summed E-state index contributed by atoms with van der Waals surface area (Å²) in [4.78, 5) is 28.1. The Morgan fingerprint density at radius 3 is 2.55 bits per heavy atom. The number of rotatable bonds is 9. The van der Waals surface area contributed by atoms with Crippen LogP contribution in [0.15, 0.2) is 16.8 Å². The molecule has 0 atom stereocenters. The Labute approximate surface area is 137 Å². The zero-order chi connectivity index (χ0) is 16.5. The lowest BCUT2D eigenvalue weighted by molar-refractivity contribution is -0.131. The maximum absolute atomic E-state index is 12.3. The molecule has 6 heteroatoms. The van der Waals surface area contributed by atoms with Gasteiger partial charge in [0.05, 0.1) is 0 Å². The number of carbonyl (C=O) groups is 2. The number of thiophene rings is 1. The third kappa shape index (κ3) is 7.04. The van der Waals surface area contributed by atoms with Gasteiger partial charge in [0.1, 0.15) is 0 Å². The third-order valence-corrected chi connectivity index (χ3v) is 3.85. The van der Waals surface area contributed by atoms with Crippen molar-refractivity contribution in [2.75, 3.05) is 40.3 Å². The van der Waals surface area contributed by atoms with Crippen molar-refractivity contribution in [1.82, 2.24) is 15.1 Å². The van der Waals surface area contributed by atoms with E-state index in [0.29, 0.717) is 24.4 Å². The second-order valence-electron chi connectivity index (χ2n) is 6.05. The highest BCUT2D eigenvalue weighted by molar-refractivity contribution is 7.08. The molecule has 124 valence electrons. The second-order valence-corrected chi connectivity index (χ2v) is 6.83. The van der Waals surface area contributed by atoms with E-state index in [4.69, 9.17) is 0 Å². The maximum atomic E-state index is 12.3. The number of carbonyl (C=O) groups excluding carboxylic acids is 2. The molecular weight excluding hydrogens is 298 g/mol. The minimum atomic E-state index is -0.113. The molecule has 0 saturated carbocycles. The number of amides is 2. The Balaban J connectivity index is 2.40. The highest BCUT2D eigenvalue weighted by Crippen LogP contribution is 2.06. The minimum absolute atomic E-state index is 0.0983. The van der Waals surface area contributed by atoms with Crippen LogP contribution in [0.25, 0.3) is 0 Å². The number of nitrogens with zero attached hydrogens (tertiary/aromatic N) is 2. The van der Waals surface area contributed by atoms with Crippen LogP contribution in [0.5, 0.6) is 0 Å². The van der Waals surface area contributed by atoms with Crippen molar-refractivity contribution in [3.63, 3.8) is 0 Å². The largest absolute Gasteiger partial charge is 0.351 e. The number of hydrogen-bond acceptors (Lipinski definition) is 4. The zero-order valence-electron chi connectivity index (χ0n) is 14.0. The van der Waals surface area contributed by atoms with Crippen molar-refractivity contribution in [3.8, 4) is 0 Å². The summed E-state index contributed by atoms with van der Waals surface area (Å²) in [6.07, 6.45) is 0.343. The van der Waals surface area contributed by atoms with Gasteiger partial charge in [-0.25, -0.2) is 0 Å². The average molecular weight is 325 g/mol. The monoisotopic (exact) mass is 325 g/mol. The molecule has 0 radical (unpaired) electrons. The first-order valence-electron chi connectivity index (χ1n) is 7.63. The van der Waals surface area contributed by atoms with E-state index in [9.17, 15) is 9.59 Å².